The summed E-state index contributed by atoms with van der Waals surface area (Å²) in [5.74, 6) is 0.512. The molecule has 1 amide bonds. The number of carbonyl (C=O) groups is 1. The molecule has 5 nitrogen and oxygen atoms in total. The minimum atomic E-state index is -0.194. The molecule has 1 aliphatic rings. The quantitative estimate of drug-likeness (QED) is 0.931. The highest BCUT2D eigenvalue weighted by Gasteiger charge is 2.27. The minimum Gasteiger partial charge on any atom is -0.352 e. The molecule has 1 saturated heterocycles. The van der Waals surface area contributed by atoms with Crippen LogP contribution in [0, 0.1) is 5.92 Å². The molecule has 3 rings (SSSR count). The van der Waals surface area contributed by atoms with E-state index in [1.54, 1.807) is 4.68 Å². The normalized spacial score (nSPS) is 18.5. The van der Waals surface area contributed by atoms with Crippen molar-refractivity contribution in [2.75, 3.05) is 26.7 Å². The van der Waals surface area contributed by atoms with Crippen molar-refractivity contribution in [3.05, 3.63) is 47.8 Å². The summed E-state index contributed by atoms with van der Waals surface area (Å²) in [5.41, 5.74) is 2.27. The lowest BCUT2D eigenvalue weighted by atomic mass is 9.89. The topological polar surface area (TPSA) is 50.2 Å². The molecule has 1 aromatic carbocycles. The number of amides is 1. The second-order valence-corrected chi connectivity index (χ2v) is 8.05. The zero-order chi connectivity index (χ0) is 18.0. The third kappa shape index (κ3) is 4.10. The van der Waals surface area contributed by atoms with Crippen LogP contribution in [0.5, 0.6) is 0 Å². The summed E-state index contributed by atoms with van der Waals surface area (Å²) in [7, 11) is 2.13. The monoisotopic (exact) mass is 340 g/mol. The second-order valence-electron chi connectivity index (χ2n) is 8.05. The summed E-state index contributed by atoms with van der Waals surface area (Å²) in [6.07, 6.45) is 3.00. The van der Waals surface area contributed by atoms with E-state index in [4.69, 9.17) is 5.10 Å². The Labute approximate surface area is 150 Å². The van der Waals surface area contributed by atoms with Crippen LogP contribution in [0.3, 0.4) is 0 Å². The molecule has 25 heavy (non-hydrogen) atoms. The van der Waals surface area contributed by atoms with Crippen LogP contribution < -0.4 is 5.32 Å². The Morgan fingerprint density at radius 1 is 1.28 bits per heavy atom. The van der Waals surface area contributed by atoms with Gasteiger partial charge in [0, 0.05) is 24.7 Å². The summed E-state index contributed by atoms with van der Waals surface area (Å²) in [6.45, 7) is 9.16. The summed E-state index contributed by atoms with van der Waals surface area (Å²) in [6, 6.07) is 9.92. The molecular weight excluding hydrogens is 312 g/mol. The first-order chi connectivity index (χ1) is 11.8. The predicted molar refractivity (Wildman–Crippen MR) is 100 cm³/mol. The molecule has 5 heteroatoms. The van der Waals surface area contributed by atoms with E-state index in [0.29, 0.717) is 11.5 Å². The van der Waals surface area contributed by atoms with E-state index < -0.39 is 0 Å². The lowest BCUT2D eigenvalue weighted by Crippen LogP contribution is -2.31. The van der Waals surface area contributed by atoms with Crippen molar-refractivity contribution in [3.63, 3.8) is 0 Å². The van der Waals surface area contributed by atoms with Gasteiger partial charge in [0.1, 0.15) is 0 Å². The van der Waals surface area contributed by atoms with Gasteiger partial charge in [-0.2, -0.15) is 5.10 Å². The summed E-state index contributed by atoms with van der Waals surface area (Å²) in [4.78, 5) is 15.1. The number of nitrogens with one attached hydrogen (secondary N) is 1. The van der Waals surface area contributed by atoms with Crippen LogP contribution in [0.1, 0.15) is 43.2 Å². The Morgan fingerprint density at radius 3 is 2.60 bits per heavy atom. The van der Waals surface area contributed by atoms with Gasteiger partial charge in [-0.1, -0.05) is 39.0 Å². The van der Waals surface area contributed by atoms with Crippen LogP contribution in [0.4, 0.5) is 0 Å². The number of rotatable bonds is 4. The molecule has 0 spiro atoms. The van der Waals surface area contributed by atoms with Crippen LogP contribution >= 0.6 is 0 Å². The van der Waals surface area contributed by atoms with Crippen LogP contribution in [-0.4, -0.2) is 47.3 Å². The molecule has 1 N–H and O–H groups in total. The van der Waals surface area contributed by atoms with Crippen molar-refractivity contribution in [2.45, 2.75) is 32.6 Å². The Hall–Kier alpha value is -2.14. The van der Waals surface area contributed by atoms with Gasteiger partial charge in [-0.05, 0) is 38.1 Å². The number of benzene rings is 1. The molecule has 0 saturated carbocycles. The van der Waals surface area contributed by atoms with E-state index in [0.717, 1.165) is 37.4 Å². The highest BCUT2D eigenvalue weighted by atomic mass is 16.1. The van der Waals surface area contributed by atoms with Crippen molar-refractivity contribution in [1.29, 1.82) is 0 Å². The zero-order valence-corrected chi connectivity index (χ0v) is 15.6. The standard InChI is InChI=1S/C20H28N4O/c1-20(2,3)18-17(14-24(22-18)16-8-6-5-7-9-16)19(25)21-12-15-10-11-23(4)13-15/h5-9,14-15H,10-13H2,1-4H3,(H,21,25). The first-order valence-electron chi connectivity index (χ1n) is 8.97. The Bertz CT molecular complexity index is 730. The minimum absolute atomic E-state index is 0.0262. The molecule has 2 aromatic rings. The Kier molecular flexibility index (Phi) is 4.95. The van der Waals surface area contributed by atoms with Crippen molar-refractivity contribution in [1.82, 2.24) is 20.0 Å². The van der Waals surface area contributed by atoms with Crippen molar-refractivity contribution in [3.8, 4) is 5.69 Å². The van der Waals surface area contributed by atoms with Crippen molar-refractivity contribution in [2.24, 2.45) is 5.92 Å². The van der Waals surface area contributed by atoms with Crippen molar-refractivity contribution >= 4 is 5.91 Å². The van der Waals surface area contributed by atoms with E-state index in [9.17, 15) is 4.79 Å². The maximum absolute atomic E-state index is 12.8. The van der Waals surface area contributed by atoms with Crippen molar-refractivity contribution < 1.29 is 4.79 Å². The van der Waals surface area contributed by atoms with Gasteiger partial charge in [-0.3, -0.25) is 4.79 Å². The van der Waals surface area contributed by atoms with E-state index in [1.165, 1.54) is 0 Å². The number of hydrogen-bond donors (Lipinski definition) is 1. The van der Waals surface area contributed by atoms with Crippen LogP contribution in [0.25, 0.3) is 5.69 Å². The fourth-order valence-electron chi connectivity index (χ4n) is 3.33. The van der Waals surface area contributed by atoms with Gasteiger partial charge in [-0.25, -0.2) is 4.68 Å². The second kappa shape index (κ2) is 7.00. The molecule has 1 atom stereocenters. The highest BCUT2D eigenvalue weighted by Crippen LogP contribution is 2.26. The zero-order valence-electron chi connectivity index (χ0n) is 15.6. The number of aromatic nitrogens is 2. The van der Waals surface area contributed by atoms with Gasteiger partial charge in [0.2, 0.25) is 0 Å². The number of hydrogen-bond acceptors (Lipinski definition) is 3. The van der Waals surface area contributed by atoms with Gasteiger partial charge < -0.3 is 10.2 Å². The first-order valence-corrected chi connectivity index (χ1v) is 8.97. The fraction of sp³-hybridized carbons (Fsp3) is 0.500. The van der Waals surface area contributed by atoms with Gasteiger partial charge >= 0.3 is 0 Å². The average molecular weight is 340 g/mol. The van der Waals surface area contributed by atoms with E-state index in [1.807, 2.05) is 36.5 Å². The molecular formula is C20H28N4O. The summed E-state index contributed by atoms with van der Waals surface area (Å²) < 4.78 is 1.80. The van der Waals surface area contributed by atoms with Gasteiger partial charge in [-0.15, -0.1) is 0 Å². The molecule has 2 heterocycles. The maximum Gasteiger partial charge on any atom is 0.254 e. The van der Waals surface area contributed by atoms with Gasteiger partial charge in [0.05, 0.1) is 16.9 Å². The van der Waals surface area contributed by atoms with E-state index in [-0.39, 0.29) is 11.3 Å². The number of nitrogens with zero attached hydrogens (tertiary/aromatic N) is 3. The lowest BCUT2D eigenvalue weighted by Gasteiger charge is -2.18. The number of carbonyl (C=O) groups excluding carboxylic acids is 1. The Morgan fingerprint density at radius 2 is 2.00 bits per heavy atom. The first kappa shape index (κ1) is 17.7. The predicted octanol–water partition coefficient (Wildman–Crippen LogP) is 2.85. The largest absolute Gasteiger partial charge is 0.352 e. The smallest absolute Gasteiger partial charge is 0.254 e. The fourth-order valence-corrected chi connectivity index (χ4v) is 3.33. The SMILES string of the molecule is CN1CCC(CNC(=O)c2cn(-c3ccccc3)nc2C(C)(C)C)C1. The maximum atomic E-state index is 12.8. The van der Waals surface area contributed by atoms with E-state index >= 15 is 0 Å². The van der Waals surface area contributed by atoms with Gasteiger partial charge in [0.25, 0.3) is 5.91 Å². The third-order valence-corrected chi connectivity index (χ3v) is 4.73. The van der Waals surface area contributed by atoms with Crippen LogP contribution in [0.15, 0.2) is 36.5 Å². The van der Waals surface area contributed by atoms with Gasteiger partial charge in [0.15, 0.2) is 0 Å². The molecule has 1 aromatic heterocycles. The molecule has 1 fully saturated rings. The summed E-state index contributed by atoms with van der Waals surface area (Å²) in [5, 5.41) is 7.83. The number of likely N-dealkylation sites (tertiary alicyclic amines) is 1. The summed E-state index contributed by atoms with van der Waals surface area (Å²) >= 11 is 0. The van der Waals surface area contributed by atoms with Crippen LogP contribution in [-0.2, 0) is 5.41 Å². The molecule has 1 aliphatic heterocycles. The number of para-hydroxylation sites is 1. The highest BCUT2D eigenvalue weighted by molar-refractivity contribution is 5.95. The molecule has 1 unspecified atom stereocenters. The average Bonchev–Trinajstić information content (AvgIpc) is 3.19. The molecule has 0 radical (unpaired) electrons. The lowest BCUT2D eigenvalue weighted by molar-refractivity contribution is 0.0945. The third-order valence-electron chi connectivity index (χ3n) is 4.73. The molecule has 134 valence electrons. The van der Waals surface area contributed by atoms with E-state index in [2.05, 4.69) is 38.0 Å². The van der Waals surface area contributed by atoms with Crippen LogP contribution in [0.2, 0.25) is 0 Å². The molecule has 0 aliphatic carbocycles. The molecule has 0 bridgehead atoms. The Balaban J connectivity index is 1.81.